The lowest BCUT2D eigenvalue weighted by atomic mass is 10.1. The number of aromatic hydroxyl groups is 1. The zero-order valence-electron chi connectivity index (χ0n) is 13.4. The number of fused-ring (bicyclic) bond motifs is 1. The number of carbonyl (C=O) groups is 2. The van der Waals surface area contributed by atoms with Crippen LogP contribution in [0.15, 0.2) is 29.3 Å². The van der Waals surface area contributed by atoms with Gasteiger partial charge in [0.1, 0.15) is 10.9 Å². The molecule has 0 spiro atoms. The fourth-order valence-corrected chi connectivity index (χ4v) is 4.30. The van der Waals surface area contributed by atoms with Gasteiger partial charge in [-0.25, -0.2) is 9.79 Å². The minimum Gasteiger partial charge on any atom is -0.493 e. The average molecular weight is 376 g/mol. The highest BCUT2D eigenvalue weighted by Crippen LogP contribution is 2.36. The van der Waals surface area contributed by atoms with Gasteiger partial charge in [0, 0.05) is 5.22 Å². The Kier molecular flexibility index (Phi) is 4.82. The Morgan fingerprint density at radius 1 is 1.40 bits per heavy atom. The van der Waals surface area contributed by atoms with Crippen LogP contribution in [-0.2, 0) is 9.59 Å². The van der Waals surface area contributed by atoms with Crippen molar-refractivity contribution in [2.75, 3.05) is 0 Å². The average Bonchev–Trinajstić information content (AvgIpc) is 3.04. The molecule has 1 aliphatic heterocycles. The number of hydrogen-bond donors (Lipinski definition) is 2. The molecule has 0 unspecified atom stereocenters. The van der Waals surface area contributed by atoms with Crippen molar-refractivity contribution in [1.82, 2.24) is 4.57 Å². The highest BCUT2D eigenvalue weighted by Gasteiger charge is 2.29. The number of carboxylic acid groups (broad SMARTS) is 1. The second-order valence-corrected chi connectivity index (χ2v) is 7.34. The Hall–Kier alpha value is -2.32. The third kappa shape index (κ3) is 3.03. The smallest absolute Gasteiger partial charge is 0.326 e. The maximum atomic E-state index is 12.3. The van der Waals surface area contributed by atoms with Gasteiger partial charge >= 0.3 is 5.97 Å². The van der Waals surface area contributed by atoms with E-state index in [9.17, 15) is 19.8 Å². The summed E-state index contributed by atoms with van der Waals surface area (Å²) in [6, 6.07) is 6.06. The largest absolute Gasteiger partial charge is 0.493 e. The number of carbonyl (C=O) groups excluding carboxylic acids is 1. The zero-order chi connectivity index (χ0) is 18.1. The Morgan fingerprint density at radius 3 is 2.80 bits per heavy atom. The molecule has 1 atom stereocenters. The third-order valence-electron chi connectivity index (χ3n) is 4.08. The van der Waals surface area contributed by atoms with Crippen molar-refractivity contribution in [3.8, 4) is 5.88 Å². The fraction of sp³-hybridized carbons (Fsp3) is 0.294. The molecular formula is C17H16N2O4S2. The van der Waals surface area contributed by atoms with Gasteiger partial charge < -0.3 is 10.2 Å². The number of para-hydroxylation sites is 1. The lowest BCUT2D eigenvalue weighted by Crippen LogP contribution is -2.22. The van der Waals surface area contributed by atoms with Crippen molar-refractivity contribution >= 4 is 41.0 Å². The highest BCUT2D eigenvalue weighted by atomic mass is 32.1. The molecule has 1 aliphatic rings. The summed E-state index contributed by atoms with van der Waals surface area (Å²) < 4.78 is 1.45. The number of benzene rings is 1. The van der Waals surface area contributed by atoms with Crippen LogP contribution in [0.25, 0.3) is 5.57 Å². The summed E-state index contributed by atoms with van der Waals surface area (Å²) in [7, 11) is 0. The molecule has 2 N–H and O–H groups in total. The first-order valence-electron chi connectivity index (χ1n) is 7.85. The number of nitrogens with zero attached hydrogens (tertiary/aromatic N) is 2. The van der Waals surface area contributed by atoms with Crippen molar-refractivity contribution < 1.29 is 19.8 Å². The molecule has 1 aromatic carbocycles. The summed E-state index contributed by atoms with van der Waals surface area (Å²) in [6.07, 6.45) is 1.88. The monoisotopic (exact) mass is 376 g/mol. The highest BCUT2D eigenvalue weighted by molar-refractivity contribution is 7.73. The van der Waals surface area contributed by atoms with E-state index in [1.165, 1.54) is 4.57 Å². The molecule has 1 amide bonds. The molecule has 0 saturated carbocycles. The minimum atomic E-state index is -1.06. The summed E-state index contributed by atoms with van der Waals surface area (Å²) in [5.74, 6) is -1.80. The predicted octanol–water partition coefficient (Wildman–Crippen LogP) is 2.16. The van der Waals surface area contributed by atoms with E-state index in [4.69, 9.17) is 12.2 Å². The van der Waals surface area contributed by atoms with E-state index in [1.807, 2.05) is 6.92 Å². The Balaban J connectivity index is 2.20. The lowest BCUT2D eigenvalue weighted by molar-refractivity contribution is -0.141. The van der Waals surface area contributed by atoms with Crippen LogP contribution in [-0.4, -0.2) is 26.7 Å². The van der Waals surface area contributed by atoms with Crippen LogP contribution in [0.3, 0.4) is 0 Å². The molecule has 1 aromatic heterocycles. The second kappa shape index (κ2) is 6.89. The predicted molar refractivity (Wildman–Crippen MR) is 95.7 cm³/mol. The summed E-state index contributed by atoms with van der Waals surface area (Å²) in [5, 5.41) is 21.3. The van der Waals surface area contributed by atoms with Crippen molar-refractivity contribution in [2.24, 2.45) is 4.99 Å². The van der Waals surface area contributed by atoms with Gasteiger partial charge in [-0.3, -0.25) is 9.36 Å². The fourth-order valence-electron chi connectivity index (χ4n) is 2.86. The molecule has 2 heterocycles. The van der Waals surface area contributed by atoms with Crippen LogP contribution in [0.5, 0.6) is 5.88 Å². The maximum absolute atomic E-state index is 12.3. The van der Waals surface area contributed by atoms with E-state index in [1.54, 1.807) is 24.3 Å². The molecule has 8 heteroatoms. The van der Waals surface area contributed by atoms with Crippen LogP contribution < -0.4 is 10.6 Å². The maximum Gasteiger partial charge on any atom is 0.326 e. The quantitative estimate of drug-likeness (QED) is 0.754. The molecule has 0 saturated heterocycles. The second-order valence-electron chi connectivity index (χ2n) is 5.70. The lowest BCUT2D eigenvalue weighted by Gasteiger charge is -2.14. The van der Waals surface area contributed by atoms with Gasteiger partial charge in [0.25, 0.3) is 5.91 Å². The first-order valence-corrected chi connectivity index (χ1v) is 9.08. The molecular weight excluding hydrogens is 360 g/mol. The molecule has 2 aromatic rings. The van der Waals surface area contributed by atoms with Gasteiger partial charge in [0.2, 0.25) is 5.88 Å². The first kappa shape index (κ1) is 17.5. The number of unbranched alkanes of at least 4 members (excludes halogenated alkanes) is 1. The Labute approximate surface area is 152 Å². The molecule has 0 fully saturated rings. The van der Waals surface area contributed by atoms with E-state index in [0.29, 0.717) is 23.4 Å². The van der Waals surface area contributed by atoms with Crippen LogP contribution >= 0.6 is 23.6 Å². The van der Waals surface area contributed by atoms with Crippen LogP contribution in [0.4, 0.5) is 0 Å². The summed E-state index contributed by atoms with van der Waals surface area (Å²) in [4.78, 5) is 28.2. The Bertz CT molecular complexity index is 1040. The van der Waals surface area contributed by atoms with Gasteiger partial charge in [-0.2, -0.15) is 0 Å². The number of aromatic nitrogens is 1. The Morgan fingerprint density at radius 2 is 2.12 bits per heavy atom. The molecule has 3 rings (SSSR count). The van der Waals surface area contributed by atoms with Crippen molar-refractivity contribution in [1.29, 1.82) is 0 Å². The van der Waals surface area contributed by atoms with Crippen molar-refractivity contribution in [2.45, 2.75) is 32.2 Å². The molecule has 130 valence electrons. The number of carboxylic acids is 1. The number of rotatable bonds is 6. The SMILES string of the molecule is CCCC[C@@H](C(=O)O)n1c(O)c(C2=c3ccccc3=NC2=O)sc1=S. The van der Waals surface area contributed by atoms with Gasteiger partial charge in [0.15, 0.2) is 3.95 Å². The van der Waals surface area contributed by atoms with E-state index in [-0.39, 0.29) is 20.3 Å². The molecule has 6 nitrogen and oxygen atoms in total. The standard InChI is InChI=1S/C17H16N2O4S2/c1-2-3-8-11(16(22)23)19-15(21)13(25-17(19)24)12-9-6-4-5-7-10(9)18-14(12)20/h4-7,11,21H,2-3,8H2,1H3,(H,22,23)/t11-/m0/s1. The van der Waals surface area contributed by atoms with Crippen LogP contribution in [0.1, 0.15) is 37.1 Å². The number of thiazole rings is 1. The van der Waals surface area contributed by atoms with Gasteiger partial charge in [-0.05, 0) is 24.7 Å². The van der Waals surface area contributed by atoms with E-state index in [0.717, 1.165) is 17.8 Å². The van der Waals surface area contributed by atoms with E-state index < -0.39 is 17.9 Å². The van der Waals surface area contributed by atoms with E-state index >= 15 is 0 Å². The number of amides is 1. The van der Waals surface area contributed by atoms with Gasteiger partial charge in [0.05, 0.1) is 10.9 Å². The van der Waals surface area contributed by atoms with E-state index in [2.05, 4.69) is 4.99 Å². The first-order chi connectivity index (χ1) is 12.0. The van der Waals surface area contributed by atoms with Crippen LogP contribution in [0, 0.1) is 3.95 Å². The summed E-state index contributed by atoms with van der Waals surface area (Å²) >= 11 is 6.31. The number of hydrogen-bond acceptors (Lipinski definition) is 5. The molecule has 0 radical (unpaired) electrons. The van der Waals surface area contributed by atoms with Gasteiger partial charge in [-0.1, -0.05) is 38.0 Å². The molecule has 25 heavy (non-hydrogen) atoms. The van der Waals surface area contributed by atoms with Crippen LogP contribution in [0.2, 0.25) is 0 Å². The molecule has 0 bridgehead atoms. The normalized spacial score (nSPS) is 14.3. The molecule has 0 aliphatic carbocycles. The minimum absolute atomic E-state index is 0.223. The van der Waals surface area contributed by atoms with Gasteiger partial charge in [-0.15, -0.1) is 11.3 Å². The third-order valence-corrected chi connectivity index (χ3v) is 5.49. The van der Waals surface area contributed by atoms with Crippen molar-refractivity contribution in [3.63, 3.8) is 0 Å². The summed E-state index contributed by atoms with van der Waals surface area (Å²) in [6.45, 7) is 1.96. The zero-order valence-corrected chi connectivity index (χ0v) is 15.1. The number of aliphatic carboxylic acids is 1. The topological polar surface area (TPSA) is 91.9 Å². The summed E-state index contributed by atoms with van der Waals surface area (Å²) in [5.41, 5.74) is 0.266. The van der Waals surface area contributed by atoms with Crippen molar-refractivity contribution in [3.05, 3.63) is 43.7 Å².